The quantitative estimate of drug-likeness (QED) is 0.869. The number of aryl methyl sites for hydroxylation is 1. The summed E-state index contributed by atoms with van der Waals surface area (Å²) in [7, 11) is 1.82. The Balaban J connectivity index is 1.78. The van der Waals surface area contributed by atoms with Gasteiger partial charge in [0.2, 0.25) is 0 Å². The molecule has 0 radical (unpaired) electrons. The maximum Gasteiger partial charge on any atom is 0.0572 e. The summed E-state index contributed by atoms with van der Waals surface area (Å²) in [5, 5.41) is 3.64. The molecule has 0 atom stereocenters. The van der Waals surface area contributed by atoms with Crippen LogP contribution in [0, 0.1) is 6.92 Å². The molecule has 0 amide bonds. The molecule has 1 fully saturated rings. The van der Waals surface area contributed by atoms with Crippen LogP contribution in [0.25, 0.3) is 0 Å². The maximum absolute atomic E-state index is 5.39. The fourth-order valence-electron chi connectivity index (χ4n) is 2.46. The molecular weight excluding hydrogens is 212 g/mol. The van der Waals surface area contributed by atoms with Gasteiger partial charge in [-0.1, -0.05) is 0 Å². The Morgan fingerprint density at radius 3 is 2.76 bits per heavy atom. The van der Waals surface area contributed by atoms with Gasteiger partial charge in [0.1, 0.15) is 0 Å². The van der Waals surface area contributed by atoms with Gasteiger partial charge in [0.05, 0.1) is 6.10 Å². The molecule has 1 aliphatic carbocycles. The van der Waals surface area contributed by atoms with Crippen molar-refractivity contribution in [3.8, 4) is 0 Å². The van der Waals surface area contributed by atoms with Crippen molar-refractivity contribution in [2.45, 2.75) is 51.3 Å². The molecule has 0 aliphatic heterocycles. The molecule has 2 rings (SSSR count). The highest BCUT2D eigenvalue weighted by molar-refractivity contribution is 5.21. The molecule has 3 nitrogen and oxygen atoms in total. The molecule has 1 aromatic rings. The molecule has 3 heteroatoms. The number of pyridine rings is 1. The van der Waals surface area contributed by atoms with Gasteiger partial charge in [-0.25, -0.2) is 0 Å². The number of methoxy groups -OCH3 is 1. The Hall–Kier alpha value is -0.930. The summed E-state index contributed by atoms with van der Waals surface area (Å²) in [6.07, 6.45) is 9.10. The Kier molecular flexibility index (Phi) is 4.51. The monoisotopic (exact) mass is 234 g/mol. The van der Waals surface area contributed by atoms with E-state index >= 15 is 0 Å². The molecule has 0 bridgehead atoms. The summed E-state index contributed by atoms with van der Waals surface area (Å²) in [5.41, 5.74) is 2.62. The third-order valence-electron chi connectivity index (χ3n) is 3.73. The Morgan fingerprint density at radius 2 is 2.12 bits per heavy atom. The first kappa shape index (κ1) is 12.5. The molecule has 17 heavy (non-hydrogen) atoms. The van der Waals surface area contributed by atoms with Gasteiger partial charge in [-0.15, -0.1) is 0 Å². The minimum atomic E-state index is 0.482. The van der Waals surface area contributed by atoms with Crippen molar-refractivity contribution in [2.75, 3.05) is 7.11 Å². The van der Waals surface area contributed by atoms with Gasteiger partial charge in [-0.05, 0) is 49.8 Å². The lowest BCUT2D eigenvalue weighted by Gasteiger charge is -2.28. The molecule has 1 aromatic heterocycles. The van der Waals surface area contributed by atoms with Gasteiger partial charge in [-0.3, -0.25) is 4.98 Å². The molecule has 0 unspecified atom stereocenters. The number of nitrogens with one attached hydrogen (secondary N) is 1. The fourth-order valence-corrected chi connectivity index (χ4v) is 2.46. The van der Waals surface area contributed by atoms with E-state index in [9.17, 15) is 0 Å². The summed E-state index contributed by atoms with van der Waals surface area (Å²) >= 11 is 0. The number of ether oxygens (including phenoxy) is 1. The minimum Gasteiger partial charge on any atom is -0.381 e. The van der Waals surface area contributed by atoms with Crippen LogP contribution in [0.4, 0.5) is 0 Å². The van der Waals surface area contributed by atoms with E-state index in [-0.39, 0.29) is 0 Å². The topological polar surface area (TPSA) is 34.1 Å². The SMILES string of the molecule is COC1CCC(NCc2ccncc2C)CC1. The van der Waals surface area contributed by atoms with Crippen LogP contribution in [0.3, 0.4) is 0 Å². The third-order valence-corrected chi connectivity index (χ3v) is 3.73. The van der Waals surface area contributed by atoms with Crippen LogP contribution >= 0.6 is 0 Å². The summed E-state index contributed by atoms with van der Waals surface area (Å²) < 4.78 is 5.39. The predicted octanol–water partition coefficient (Wildman–Crippen LogP) is 2.44. The second kappa shape index (κ2) is 6.12. The third kappa shape index (κ3) is 3.51. The fraction of sp³-hybridized carbons (Fsp3) is 0.643. The number of nitrogens with zero attached hydrogens (tertiary/aromatic N) is 1. The smallest absolute Gasteiger partial charge is 0.0572 e. The molecule has 0 spiro atoms. The van der Waals surface area contributed by atoms with E-state index in [1.807, 2.05) is 19.5 Å². The molecule has 0 saturated heterocycles. The summed E-state index contributed by atoms with van der Waals surface area (Å²) in [5.74, 6) is 0. The summed E-state index contributed by atoms with van der Waals surface area (Å²) in [6.45, 7) is 3.07. The van der Waals surface area contributed by atoms with Crippen LogP contribution in [0.2, 0.25) is 0 Å². The Labute approximate surface area is 104 Å². The first-order valence-electron chi connectivity index (χ1n) is 6.45. The van der Waals surface area contributed by atoms with Crippen molar-refractivity contribution in [1.29, 1.82) is 0 Å². The molecule has 1 N–H and O–H groups in total. The first-order chi connectivity index (χ1) is 8.29. The number of aromatic nitrogens is 1. The van der Waals surface area contributed by atoms with Gasteiger partial charge >= 0.3 is 0 Å². The van der Waals surface area contributed by atoms with E-state index < -0.39 is 0 Å². The first-order valence-corrected chi connectivity index (χ1v) is 6.45. The van der Waals surface area contributed by atoms with Crippen molar-refractivity contribution in [2.24, 2.45) is 0 Å². The van der Waals surface area contributed by atoms with Gasteiger partial charge < -0.3 is 10.1 Å². The van der Waals surface area contributed by atoms with Crippen LogP contribution in [0.1, 0.15) is 36.8 Å². The van der Waals surface area contributed by atoms with Crippen molar-refractivity contribution in [1.82, 2.24) is 10.3 Å². The van der Waals surface area contributed by atoms with Gasteiger partial charge in [0, 0.05) is 32.1 Å². The van der Waals surface area contributed by atoms with Gasteiger partial charge in [-0.2, -0.15) is 0 Å². The predicted molar refractivity (Wildman–Crippen MR) is 68.9 cm³/mol. The lowest BCUT2D eigenvalue weighted by Crippen LogP contribution is -2.34. The van der Waals surface area contributed by atoms with E-state index in [2.05, 4.69) is 23.3 Å². The van der Waals surface area contributed by atoms with E-state index in [0.717, 1.165) is 6.54 Å². The standard InChI is InChI=1S/C14H22N2O/c1-11-9-15-8-7-12(11)10-16-13-3-5-14(17-2)6-4-13/h7-9,13-14,16H,3-6,10H2,1-2H3. The second-order valence-electron chi connectivity index (χ2n) is 4.89. The van der Waals surface area contributed by atoms with Crippen LogP contribution in [0.5, 0.6) is 0 Å². The molecule has 1 heterocycles. The molecule has 1 aliphatic rings. The Bertz CT molecular complexity index is 346. The lowest BCUT2D eigenvalue weighted by molar-refractivity contribution is 0.0624. The van der Waals surface area contributed by atoms with Crippen molar-refractivity contribution >= 4 is 0 Å². The highest BCUT2D eigenvalue weighted by Gasteiger charge is 2.20. The number of rotatable bonds is 4. The normalized spacial score (nSPS) is 24.8. The average molecular weight is 234 g/mol. The second-order valence-corrected chi connectivity index (χ2v) is 4.89. The van der Waals surface area contributed by atoms with Gasteiger partial charge in [0.15, 0.2) is 0 Å². The molecule has 94 valence electrons. The van der Waals surface area contributed by atoms with Crippen LogP contribution < -0.4 is 5.32 Å². The van der Waals surface area contributed by atoms with E-state index in [0.29, 0.717) is 12.1 Å². The number of hydrogen-bond donors (Lipinski definition) is 1. The molecule has 0 aromatic carbocycles. The maximum atomic E-state index is 5.39. The lowest BCUT2D eigenvalue weighted by atomic mass is 9.93. The van der Waals surface area contributed by atoms with E-state index in [1.54, 1.807) is 0 Å². The highest BCUT2D eigenvalue weighted by atomic mass is 16.5. The van der Waals surface area contributed by atoms with E-state index in [4.69, 9.17) is 4.74 Å². The number of hydrogen-bond acceptors (Lipinski definition) is 3. The van der Waals surface area contributed by atoms with Crippen LogP contribution in [-0.4, -0.2) is 24.2 Å². The van der Waals surface area contributed by atoms with Crippen LogP contribution in [-0.2, 0) is 11.3 Å². The Morgan fingerprint density at radius 1 is 1.35 bits per heavy atom. The summed E-state index contributed by atoms with van der Waals surface area (Å²) in [6, 6.07) is 2.75. The van der Waals surface area contributed by atoms with Crippen molar-refractivity contribution < 1.29 is 4.74 Å². The molecule has 1 saturated carbocycles. The van der Waals surface area contributed by atoms with E-state index in [1.165, 1.54) is 36.8 Å². The zero-order valence-corrected chi connectivity index (χ0v) is 10.8. The zero-order valence-electron chi connectivity index (χ0n) is 10.8. The van der Waals surface area contributed by atoms with Crippen molar-refractivity contribution in [3.05, 3.63) is 29.6 Å². The zero-order chi connectivity index (χ0) is 12.1. The van der Waals surface area contributed by atoms with Gasteiger partial charge in [0.25, 0.3) is 0 Å². The van der Waals surface area contributed by atoms with Crippen molar-refractivity contribution in [3.63, 3.8) is 0 Å². The average Bonchev–Trinajstić information content (AvgIpc) is 2.38. The highest BCUT2D eigenvalue weighted by Crippen LogP contribution is 2.21. The largest absolute Gasteiger partial charge is 0.381 e. The minimum absolute atomic E-state index is 0.482. The molecular formula is C14H22N2O. The van der Waals surface area contributed by atoms with Crippen LogP contribution in [0.15, 0.2) is 18.5 Å². The summed E-state index contributed by atoms with van der Waals surface area (Å²) in [4.78, 5) is 4.12.